The lowest BCUT2D eigenvalue weighted by molar-refractivity contribution is -0.131. The van der Waals surface area contributed by atoms with Crippen LogP contribution in [0.1, 0.15) is 19.3 Å². The zero-order chi connectivity index (χ0) is 10.8. The van der Waals surface area contributed by atoms with Crippen LogP contribution in [0.4, 0.5) is 0 Å². The van der Waals surface area contributed by atoms with E-state index in [1.807, 2.05) is 0 Å². The maximum atomic E-state index is 11.8. The van der Waals surface area contributed by atoms with Crippen molar-refractivity contribution < 1.29 is 15.0 Å². The molecule has 0 spiro atoms. The lowest BCUT2D eigenvalue weighted by atomic mass is 10.1. The summed E-state index contributed by atoms with van der Waals surface area (Å²) < 4.78 is 0. The van der Waals surface area contributed by atoms with E-state index in [-0.39, 0.29) is 25.0 Å². The molecule has 2 aliphatic heterocycles. The van der Waals surface area contributed by atoms with E-state index in [4.69, 9.17) is 0 Å². The molecule has 0 saturated carbocycles. The van der Waals surface area contributed by atoms with E-state index in [9.17, 15) is 15.0 Å². The predicted octanol–water partition coefficient (Wildman–Crippen LogP) is -1.31. The number of carbonyl (C=O) groups is 1. The van der Waals surface area contributed by atoms with Crippen molar-refractivity contribution >= 4 is 5.91 Å². The molecule has 0 aromatic carbocycles. The Hall–Kier alpha value is -0.650. The molecule has 2 rings (SSSR count). The quantitative estimate of drug-likeness (QED) is 0.534. The Labute approximate surface area is 89.1 Å². The van der Waals surface area contributed by atoms with Gasteiger partial charge in [0.25, 0.3) is 0 Å². The molecule has 0 radical (unpaired) electrons. The average molecular weight is 214 g/mol. The highest BCUT2D eigenvalue weighted by Crippen LogP contribution is 2.15. The van der Waals surface area contributed by atoms with Crippen LogP contribution in [0, 0.1) is 0 Å². The summed E-state index contributed by atoms with van der Waals surface area (Å²) >= 11 is 0. The normalized spacial score (nSPS) is 36.1. The summed E-state index contributed by atoms with van der Waals surface area (Å²) in [5, 5.41) is 21.9. The van der Waals surface area contributed by atoms with Crippen LogP contribution in [0.15, 0.2) is 0 Å². The zero-order valence-electron chi connectivity index (χ0n) is 8.72. The molecular weight excluding hydrogens is 196 g/mol. The van der Waals surface area contributed by atoms with Crippen molar-refractivity contribution in [2.24, 2.45) is 0 Å². The van der Waals surface area contributed by atoms with Gasteiger partial charge >= 0.3 is 0 Å². The molecule has 2 saturated heterocycles. The first-order valence-corrected chi connectivity index (χ1v) is 5.54. The van der Waals surface area contributed by atoms with E-state index >= 15 is 0 Å². The molecule has 0 bridgehead atoms. The Morgan fingerprint density at radius 1 is 1.33 bits per heavy atom. The van der Waals surface area contributed by atoms with E-state index in [1.165, 1.54) is 0 Å². The highest BCUT2D eigenvalue weighted by Gasteiger charge is 2.33. The first-order chi connectivity index (χ1) is 7.16. The molecule has 0 aromatic heterocycles. The Morgan fingerprint density at radius 2 is 2.00 bits per heavy atom. The molecule has 2 heterocycles. The minimum Gasteiger partial charge on any atom is -0.388 e. The third kappa shape index (κ3) is 2.48. The molecular formula is C10H18N2O3. The van der Waals surface area contributed by atoms with Gasteiger partial charge in [-0.25, -0.2) is 0 Å². The number of likely N-dealkylation sites (tertiary alicyclic amines) is 1. The summed E-state index contributed by atoms with van der Waals surface area (Å²) in [5.41, 5.74) is 0. The van der Waals surface area contributed by atoms with E-state index in [1.54, 1.807) is 4.90 Å². The van der Waals surface area contributed by atoms with Crippen LogP contribution in [0.25, 0.3) is 0 Å². The second-order valence-electron chi connectivity index (χ2n) is 4.43. The number of rotatable bonds is 2. The number of nitrogens with zero attached hydrogens (tertiary/aromatic N) is 1. The molecule has 5 heteroatoms. The summed E-state index contributed by atoms with van der Waals surface area (Å²) in [6, 6.07) is 0.285. The van der Waals surface area contributed by atoms with Crippen molar-refractivity contribution in [2.45, 2.75) is 37.5 Å². The summed E-state index contributed by atoms with van der Waals surface area (Å²) in [5.74, 6) is 0.0324. The van der Waals surface area contributed by atoms with Crippen LogP contribution in [0.3, 0.4) is 0 Å². The van der Waals surface area contributed by atoms with Crippen LogP contribution in [-0.2, 0) is 4.79 Å². The fourth-order valence-corrected chi connectivity index (χ4v) is 2.24. The van der Waals surface area contributed by atoms with E-state index in [0.29, 0.717) is 6.42 Å². The van der Waals surface area contributed by atoms with Gasteiger partial charge in [0.1, 0.15) is 0 Å². The van der Waals surface area contributed by atoms with Crippen molar-refractivity contribution in [1.82, 2.24) is 10.2 Å². The third-order valence-corrected chi connectivity index (χ3v) is 3.20. The minimum absolute atomic E-state index is 0.0324. The molecule has 1 unspecified atom stereocenters. The Morgan fingerprint density at radius 3 is 2.53 bits per heavy atom. The Balaban J connectivity index is 1.81. The van der Waals surface area contributed by atoms with Gasteiger partial charge in [-0.05, 0) is 19.4 Å². The average Bonchev–Trinajstić information content (AvgIpc) is 2.78. The van der Waals surface area contributed by atoms with Crippen LogP contribution in [0.2, 0.25) is 0 Å². The van der Waals surface area contributed by atoms with Crippen molar-refractivity contribution in [1.29, 1.82) is 0 Å². The van der Waals surface area contributed by atoms with Crippen molar-refractivity contribution in [3.05, 3.63) is 0 Å². The number of nitrogens with one attached hydrogen (secondary N) is 1. The number of hydrogen-bond donors (Lipinski definition) is 3. The fraction of sp³-hybridized carbons (Fsp3) is 0.900. The van der Waals surface area contributed by atoms with E-state index < -0.39 is 12.2 Å². The first kappa shape index (κ1) is 10.9. The summed E-state index contributed by atoms with van der Waals surface area (Å²) in [6.07, 6.45) is 1.11. The predicted molar refractivity (Wildman–Crippen MR) is 54.2 cm³/mol. The third-order valence-electron chi connectivity index (χ3n) is 3.20. The molecule has 3 N–H and O–H groups in total. The summed E-state index contributed by atoms with van der Waals surface area (Å²) in [7, 11) is 0. The van der Waals surface area contributed by atoms with Gasteiger partial charge in [-0.15, -0.1) is 0 Å². The van der Waals surface area contributed by atoms with Crippen LogP contribution in [-0.4, -0.2) is 58.9 Å². The molecule has 2 fully saturated rings. The molecule has 15 heavy (non-hydrogen) atoms. The minimum atomic E-state index is -0.773. The topological polar surface area (TPSA) is 72.8 Å². The smallest absolute Gasteiger partial charge is 0.224 e. The Bertz CT molecular complexity index is 231. The maximum Gasteiger partial charge on any atom is 0.224 e. The largest absolute Gasteiger partial charge is 0.388 e. The van der Waals surface area contributed by atoms with Gasteiger partial charge in [0, 0.05) is 25.6 Å². The van der Waals surface area contributed by atoms with Gasteiger partial charge in [-0.1, -0.05) is 0 Å². The first-order valence-electron chi connectivity index (χ1n) is 5.54. The molecule has 2 aliphatic rings. The van der Waals surface area contributed by atoms with Gasteiger partial charge in [-0.3, -0.25) is 4.79 Å². The van der Waals surface area contributed by atoms with E-state index in [0.717, 1.165) is 19.4 Å². The van der Waals surface area contributed by atoms with Crippen LogP contribution < -0.4 is 5.32 Å². The SMILES string of the molecule is O=C(CC1CCCN1)N1C[C@@H](O)[C@@H](O)C1. The highest BCUT2D eigenvalue weighted by atomic mass is 16.3. The number of amides is 1. The number of carbonyl (C=O) groups excluding carboxylic acids is 1. The Kier molecular flexibility index (Phi) is 3.23. The van der Waals surface area contributed by atoms with Crippen LogP contribution >= 0.6 is 0 Å². The second-order valence-corrected chi connectivity index (χ2v) is 4.43. The lowest BCUT2D eigenvalue weighted by Gasteiger charge is -2.18. The number of hydrogen-bond acceptors (Lipinski definition) is 4. The van der Waals surface area contributed by atoms with Crippen molar-refractivity contribution in [2.75, 3.05) is 19.6 Å². The standard InChI is InChI=1S/C10H18N2O3/c13-8-5-12(6-9(8)14)10(15)4-7-2-1-3-11-7/h7-9,11,13-14H,1-6H2/t7?,8-,9+. The number of aliphatic hydroxyl groups is 2. The molecule has 0 aliphatic carbocycles. The maximum absolute atomic E-state index is 11.8. The second kappa shape index (κ2) is 4.47. The van der Waals surface area contributed by atoms with Gasteiger partial charge < -0.3 is 20.4 Å². The fourth-order valence-electron chi connectivity index (χ4n) is 2.24. The highest BCUT2D eigenvalue weighted by molar-refractivity contribution is 5.77. The molecule has 1 amide bonds. The van der Waals surface area contributed by atoms with Crippen molar-refractivity contribution in [3.8, 4) is 0 Å². The summed E-state index contributed by atoms with van der Waals surface area (Å²) in [4.78, 5) is 13.3. The van der Waals surface area contributed by atoms with Gasteiger partial charge in [0.05, 0.1) is 12.2 Å². The lowest BCUT2D eigenvalue weighted by Crippen LogP contribution is -2.35. The molecule has 0 aromatic rings. The molecule has 5 nitrogen and oxygen atoms in total. The zero-order valence-corrected chi connectivity index (χ0v) is 8.72. The monoisotopic (exact) mass is 214 g/mol. The van der Waals surface area contributed by atoms with Crippen molar-refractivity contribution in [3.63, 3.8) is 0 Å². The summed E-state index contributed by atoms with van der Waals surface area (Å²) in [6.45, 7) is 1.53. The number of aliphatic hydroxyl groups excluding tert-OH is 2. The van der Waals surface area contributed by atoms with E-state index in [2.05, 4.69) is 5.32 Å². The van der Waals surface area contributed by atoms with Gasteiger partial charge in [-0.2, -0.15) is 0 Å². The molecule has 3 atom stereocenters. The van der Waals surface area contributed by atoms with Gasteiger partial charge in [0.15, 0.2) is 0 Å². The van der Waals surface area contributed by atoms with Gasteiger partial charge in [0.2, 0.25) is 5.91 Å². The molecule has 86 valence electrons. The van der Waals surface area contributed by atoms with Crippen LogP contribution in [0.5, 0.6) is 0 Å². The number of β-amino-alcohol motifs (C(OH)–C–C–N with tert-alkyl or cyclic N) is 2.